The maximum atomic E-state index is 5.41. The van der Waals surface area contributed by atoms with Crippen LogP contribution in [0, 0.1) is 0 Å². The number of methoxy groups -OCH3 is 1. The van der Waals surface area contributed by atoms with E-state index in [1.54, 1.807) is 18.4 Å². The Labute approximate surface area is 185 Å². The maximum absolute atomic E-state index is 5.41. The van der Waals surface area contributed by atoms with E-state index >= 15 is 0 Å². The van der Waals surface area contributed by atoms with Gasteiger partial charge >= 0.3 is 0 Å². The van der Waals surface area contributed by atoms with Crippen molar-refractivity contribution in [2.75, 3.05) is 7.11 Å². The van der Waals surface area contributed by atoms with Crippen LogP contribution < -0.4 is 4.74 Å². The number of aryl methyl sites for hydroxylation is 1. The smallest absolute Gasteiger partial charge is 0.201 e. The lowest BCUT2D eigenvalue weighted by Crippen LogP contribution is -2.08. The number of tetrazole rings is 1. The Balaban J connectivity index is 1.72. The van der Waals surface area contributed by atoms with Crippen molar-refractivity contribution in [3.8, 4) is 5.75 Å². The lowest BCUT2D eigenvalue weighted by Gasteiger charge is -2.12. The number of aromatic amines is 1. The number of hydrogen-bond donors (Lipinski definition) is 1. The van der Waals surface area contributed by atoms with Crippen molar-refractivity contribution < 1.29 is 4.74 Å². The SMILES string of the molecule is CCCCc1ncc(/C=C(\Cc2cccs2)c2nn[nH]n2)n1Cc1cccc(OC)c1. The van der Waals surface area contributed by atoms with Crippen LogP contribution in [0.3, 0.4) is 0 Å². The molecule has 0 aliphatic heterocycles. The van der Waals surface area contributed by atoms with E-state index in [4.69, 9.17) is 9.72 Å². The summed E-state index contributed by atoms with van der Waals surface area (Å²) in [6, 6.07) is 12.4. The first-order valence-corrected chi connectivity index (χ1v) is 11.3. The first-order chi connectivity index (χ1) is 15.3. The summed E-state index contributed by atoms with van der Waals surface area (Å²) in [5.74, 6) is 2.55. The zero-order chi connectivity index (χ0) is 21.5. The number of H-pyrrole nitrogens is 1. The molecule has 31 heavy (non-hydrogen) atoms. The van der Waals surface area contributed by atoms with Crippen LogP contribution >= 0.6 is 11.3 Å². The molecule has 4 rings (SSSR count). The third-order valence-corrected chi connectivity index (χ3v) is 5.97. The Morgan fingerprint density at radius 3 is 2.94 bits per heavy atom. The number of aromatic nitrogens is 6. The molecule has 4 aromatic rings. The standard InChI is InChI=1S/C23H26N6OS/c1-3-4-10-22-24-15-19(29(22)16-17-7-5-8-20(12-17)30-2)13-18(23-25-27-28-26-23)14-21-9-6-11-31-21/h5-9,11-13,15H,3-4,10,14,16H2,1-2H3,(H,25,26,27,28)/b18-13+. The molecule has 3 aromatic heterocycles. The van der Waals surface area contributed by atoms with Gasteiger partial charge in [-0.3, -0.25) is 0 Å². The van der Waals surface area contributed by atoms with Crippen molar-refractivity contribution in [3.05, 3.63) is 75.8 Å². The predicted octanol–water partition coefficient (Wildman–Crippen LogP) is 4.64. The molecule has 0 saturated heterocycles. The van der Waals surface area contributed by atoms with Crippen LogP contribution in [0.2, 0.25) is 0 Å². The largest absolute Gasteiger partial charge is 0.497 e. The van der Waals surface area contributed by atoms with Crippen molar-refractivity contribution >= 4 is 23.0 Å². The number of imidazole rings is 1. The normalized spacial score (nSPS) is 11.7. The van der Waals surface area contributed by atoms with Crippen molar-refractivity contribution in [1.82, 2.24) is 30.2 Å². The lowest BCUT2D eigenvalue weighted by atomic mass is 10.1. The quantitative estimate of drug-likeness (QED) is 0.393. The van der Waals surface area contributed by atoms with E-state index < -0.39 is 0 Å². The summed E-state index contributed by atoms with van der Waals surface area (Å²) in [5.41, 5.74) is 3.21. The lowest BCUT2D eigenvalue weighted by molar-refractivity contribution is 0.414. The Hall–Kier alpha value is -3.26. The Morgan fingerprint density at radius 2 is 2.19 bits per heavy atom. The second-order valence-corrected chi connectivity index (χ2v) is 8.33. The van der Waals surface area contributed by atoms with Gasteiger partial charge in [0, 0.05) is 29.8 Å². The molecule has 0 spiro atoms. The molecule has 0 aliphatic carbocycles. The fraction of sp³-hybridized carbons (Fsp3) is 0.304. The molecule has 160 valence electrons. The van der Waals surface area contributed by atoms with Gasteiger partial charge in [-0.25, -0.2) is 4.98 Å². The number of allylic oxidation sites excluding steroid dienone is 1. The topological polar surface area (TPSA) is 81.5 Å². The van der Waals surface area contributed by atoms with Crippen molar-refractivity contribution in [2.24, 2.45) is 0 Å². The maximum Gasteiger partial charge on any atom is 0.201 e. The number of nitrogens with zero attached hydrogens (tertiary/aromatic N) is 5. The highest BCUT2D eigenvalue weighted by atomic mass is 32.1. The number of thiophene rings is 1. The highest BCUT2D eigenvalue weighted by Crippen LogP contribution is 2.24. The number of unbranched alkanes of at least 4 members (excludes halogenated alkanes) is 1. The molecule has 0 unspecified atom stereocenters. The third kappa shape index (κ3) is 5.27. The van der Waals surface area contributed by atoms with Gasteiger partial charge in [-0.15, -0.1) is 21.5 Å². The van der Waals surface area contributed by atoms with Crippen LogP contribution in [0.15, 0.2) is 48.0 Å². The minimum absolute atomic E-state index is 0.609. The number of ether oxygens (including phenoxy) is 1. The van der Waals surface area contributed by atoms with Gasteiger partial charge in [0.2, 0.25) is 5.82 Å². The molecule has 0 bridgehead atoms. The minimum atomic E-state index is 0.609. The van der Waals surface area contributed by atoms with E-state index in [0.29, 0.717) is 5.82 Å². The average molecular weight is 435 g/mol. The summed E-state index contributed by atoms with van der Waals surface area (Å²) < 4.78 is 7.69. The number of rotatable bonds is 10. The fourth-order valence-electron chi connectivity index (χ4n) is 3.49. The van der Waals surface area contributed by atoms with E-state index in [1.165, 1.54) is 10.4 Å². The zero-order valence-corrected chi connectivity index (χ0v) is 18.6. The van der Waals surface area contributed by atoms with Gasteiger partial charge in [0.1, 0.15) is 11.6 Å². The highest BCUT2D eigenvalue weighted by Gasteiger charge is 2.14. The van der Waals surface area contributed by atoms with Crippen molar-refractivity contribution in [2.45, 2.75) is 39.2 Å². The molecule has 0 saturated carbocycles. The molecule has 0 amide bonds. The van der Waals surface area contributed by atoms with Crippen molar-refractivity contribution in [1.29, 1.82) is 0 Å². The first-order valence-electron chi connectivity index (χ1n) is 10.4. The summed E-state index contributed by atoms with van der Waals surface area (Å²) in [7, 11) is 1.69. The van der Waals surface area contributed by atoms with Crippen LogP contribution in [0.1, 0.15) is 47.5 Å². The summed E-state index contributed by atoms with van der Waals surface area (Å²) >= 11 is 1.72. The molecule has 7 nitrogen and oxygen atoms in total. The second-order valence-electron chi connectivity index (χ2n) is 7.30. The van der Waals surface area contributed by atoms with E-state index in [9.17, 15) is 0 Å². The molecule has 1 aromatic carbocycles. The van der Waals surface area contributed by atoms with E-state index in [1.807, 2.05) is 18.3 Å². The van der Waals surface area contributed by atoms with Crippen LogP contribution in [0.5, 0.6) is 5.75 Å². The van der Waals surface area contributed by atoms with Gasteiger partial charge in [-0.1, -0.05) is 31.5 Å². The Bertz CT molecular complexity index is 1120. The molecule has 1 N–H and O–H groups in total. The first kappa shape index (κ1) is 21.0. The Kier molecular flexibility index (Phi) is 6.89. The molecule has 0 radical (unpaired) electrons. The molecule has 3 heterocycles. The van der Waals surface area contributed by atoms with Crippen LogP contribution in [-0.4, -0.2) is 37.3 Å². The van der Waals surface area contributed by atoms with E-state index in [-0.39, 0.29) is 0 Å². The van der Waals surface area contributed by atoms with Gasteiger partial charge in [-0.05, 0) is 46.9 Å². The predicted molar refractivity (Wildman–Crippen MR) is 123 cm³/mol. The molecule has 0 atom stereocenters. The van der Waals surface area contributed by atoms with Gasteiger partial charge in [0.25, 0.3) is 0 Å². The second kappa shape index (κ2) is 10.2. The highest BCUT2D eigenvalue weighted by molar-refractivity contribution is 7.10. The summed E-state index contributed by atoms with van der Waals surface area (Å²) in [5, 5.41) is 16.9. The third-order valence-electron chi connectivity index (χ3n) is 5.10. The summed E-state index contributed by atoms with van der Waals surface area (Å²) in [4.78, 5) is 6.00. The van der Waals surface area contributed by atoms with Gasteiger partial charge in [0.05, 0.1) is 19.0 Å². The van der Waals surface area contributed by atoms with Crippen LogP contribution in [-0.2, 0) is 19.4 Å². The minimum Gasteiger partial charge on any atom is -0.497 e. The number of nitrogens with one attached hydrogen (secondary N) is 1. The monoisotopic (exact) mass is 434 g/mol. The molecule has 0 fully saturated rings. The number of benzene rings is 1. The van der Waals surface area contributed by atoms with Crippen molar-refractivity contribution in [3.63, 3.8) is 0 Å². The van der Waals surface area contributed by atoms with Gasteiger partial charge in [0.15, 0.2) is 0 Å². The molecule has 8 heteroatoms. The van der Waals surface area contributed by atoms with Crippen LogP contribution in [0.25, 0.3) is 11.6 Å². The number of hydrogen-bond acceptors (Lipinski definition) is 6. The summed E-state index contributed by atoms with van der Waals surface area (Å²) in [6.07, 6.45) is 7.99. The fourth-order valence-corrected chi connectivity index (χ4v) is 4.21. The molecular weight excluding hydrogens is 408 g/mol. The molecule has 0 aliphatic rings. The van der Waals surface area contributed by atoms with Gasteiger partial charge in [-0.2, -0.15) is 5.21 Å². The van der Waals surface area contributed by atoms with E-state index in [2.05, 4.69) is 67.8 Å². The summed E-state index contributed by atoms with van der Waals surface area (Å²) in [6.45, 7) is 2.92. The average Bonchev–Trinajstić information content (AvgIpc) is 3.56. The molecular formula is C23H26N6OS. The van der Waals surface area contributed by atoms with Crippen LogP contribution in [0.4, 0.5) is 0 Å². The van der Waals surface area contributed by atoms with E-state index in [0.717, 1.165) is 55.1 Å². The zero-order valence-electron chi connectivity index (χ0n) is 17.8. The Morgan fingerprint density at radius 1 is 1.26 bits per heavy atom. The van der Waals surface area contributed by atoms with Gasteiger partial charge < -0.3 is 9.30 Å².